The molecule has 3 aromatic rings. The maximum atomic E-state index is 14.1. The SMILES string of the molecule is O=C1C[C@@](C(=O)O)(c2ccc([N+](=O)[O-])cc2)[C@@H](c2cccc(F)c2)N1Cc1ccccc1. The molecule has 7 nitrogen and oxygen atoms in total. The first kappa shape index (κ1) is 21.2. The predicted octanol–water partition coefficient (Wildman–Crippen LogP) is 4.23. The maximum Gasteiger partial charge on any atom is 0.317 e. The van der Waals surface area contributed by atoms with Gasteiger partial charge in [0.05, 0.1) is 11.0 Å². The summed E-state index contributed by atoms with van der Waals surface area (Å²) in [5, 5.41) is 21.5. The van der Waals surface area contributed by atoms with Gasteiger partial charge in [-0.15, -0.1) is 0 Å². The van der Waals surface area contributed by atoms with Gasteiger partial charge in [-0.3, -0.25) is 19.7 Å². The van der Waals surface area contributed by atoms with Gasteiger partial charge in [0.25, 0.3) is 5.69 Å². The van der Waals surface area contributed by atoms with Crippen molar-refractivity contribution in [2.24, 2.45) is 0 Å². The quantitative estimate of drug-likeness (QED) is 0.462. The maximum absolute atomic E-state index is 14.1. The molecule has 1 saturated heterocycles. The van der Waals surface area contributed by atoms with E-state index in [1.165, 1.54) is 47.4 Å². The molecule has 1 aliphatic rings. The van der Waals surface area contributed by atoms with Crippen molar-refractivity contribution in [2.75, 3.05) is 0 Å². The topological polar surface area (TPSA) is 101 Å². The van der Waals surface area contributed by atoms with Gasteiger partial charge >= 0.3 is 5.97 Å². The van der Waals surface area contributed by atoms with E-state index in [0.717, 1.165) is 5.56 Å². The Morgan fingerprint density at radius 1 is 1.09 bits per heavy atom. The fourth-order valence-corrected chi connectivity index (χ4v) is 4.40. The lowest BCUT2D eigenvalue weighted by Gasteiger charge is -2.35. The predicted molar refractivity (Wildman–Crippen MR) is 113 cm³/mol. The Labute approximate surface area is 182 Å². The molecular formula is C24H19FN2O5. The van der Waals surface area contributed by atoms with Gasteiger partial charge < -0.3 is 10.0 Å². The normalized spacial score (nSPS) is 20.3. The fraction of sp³-hybridized carbons (Fsp3) is 0.167. The van der Waals surface area contributed by atoms with Gasteiger partial charge in [0.15, 0.2) is 0 Å². The van der Waals surface area contributed by atoms with Gasteiger partial charge in [-0.05, 0) is 28.8 Å². The summed E-state index contributed by atoms with van der Waals surface area (Å²) in [5.74, 6) is -2.21. The number of carboxylic acid groups (broad SMARTS) is 1. The summed E-state index contributed by atoms with van der Waals surface area (Å²) in [6, 6.07) is 18.8. The van der Waals surface area contributed by atoms with E-state index in [9.17, 15) is 29.2 Å². The van der Waals surface area contributed by atoms with Crippen LogP contribution in [-0.2, 0) is 21.5 Å². The van der Waals surface area contributed by atoms with Crippen LogP contribution in [0.5, 0.6) is 0 Å². The Bertz CT molecular complexity index is 1180. The number of carbonyl (C=O) groups is 2. The highest BCUT2D eigenvalue weighted by atomic mass is 19.1. The van der Waals surface area contributed by atoms with Crippen LogP contribution in [0.3, 0.4) is 0 Å². The molecule has 1 aliphatic heterocycles. The number of nitro groups is 1. The second-order valence-electron chi connectivity index (χ2n) is 7.72. The van der Waals surface area contributed by atoms with Crippen molar-refractivity contribution in [3.63, 3.8) is 0 Å². The molecule has 1 amide bonds. The minimum absolute atomic E-state index is 0.142. The van der Waals surface area contributed by atoms with Crippen LogP contribution in [-0.4, -0.2) is 26.8 Å². The number of halogens is 1. The van der Waals surface area contributed by atoms with Crippen LogP contribution in [0.2, 0.25) is 0 Å². The first-order valence-corrected chi connectivity index (χ1v) is 9.90. The van der Waals surface area contributed by atoms with Crippen molar-refractivity contribution in [3.8, 4) is 0 Å². The van der Waals surface area contributed by atoms with E-state index < -0.39 is 34.1 Å². The summed E-state index contributed by atoms with van der Waals surface area (Å²) in [5.41, 5.74) is -0.551. The molecule has 32 heavy (non-hydrogen) atoms. The van der Waals surface area contributed by atoms with Crippen molar-refractivity contribution in [2.45, 2.75) is 24.4 Å². The molecule has 3 aromatic carbocycles. The van der Waals surface area contributed by atoms with Gasteiger partial charge in [0.1, 0.15) is 11.2 Å². The van der Waals surface area contributed by atoms with E-state index in [1.807, 2.05) is 30.3 Å². The molecule has 1 N–H and O–H groups in total. The number of nitro benzene ring substituents is 1. The summed E-state index contributed by atoms with van der Waals surface area (Å²) < 4.78 is 14.1. The minimum Gasteiger partial charge on any atom is -0.480 e. The van der Waals surface area contributed by atoms with Crippen LogP contribution in [0.1, 0.15) is 29.2 Å². The van der Waals surface area contributed by atoms with E-state index in [1.54, 1.807) is 6.07 Å². The van der Waals surface area contributed by atoms with Gasteiger partial charge in [0.2, 0.25) is 5.91 Å². The molecular weight excluding hydrogens is 415 g/mol. The number of non-ortho nitro benzene ring substituents is 1. The number of rotatable bonds is 6. The smallest absolute Gasteiger partial charge is 0.317 e. The molecule has 4 rings (SSSR count). The van der Waals surface area contributed by atoms with Crippen molar-refractivity contribution < 1.29 is 24.0 Å². The standard InChI is InChI=1S/C24H19FN2O5/c25-19-8-4-7-17(13-19)22-24(23(29)30,18-9-11-20(12-10-18)27(31)32)14-21(28)26(22)15-16-5-2-1-3-6-16/h1-13,22H,14-15H2,(H,29,30)/t22-,24-/m1/s1. The Kier molecular flexibility index (Phi) is 5.44. The van der Waals surface area contributed by atoms with Crippen LogP contribution < -0.4 is 0 Å². The number of aliphatic carboxylic acids is 1. The summed E-state index contributed by atoms with van der Waals surface area (Å²) in [6.07, 6.45) is -0.353. The number of carbonyl (C=O) groups excluding carboxylic acids is 1. The largest absolute Gasteiger partial charge is 0.480 e. The Morgan fingerprint density at radius 2 is 1.78 bits per heavy atom. The molecule has 8 heteroatoms. The zero-order chi connectivity index (χ0) is 22.9. The van der Waals surface area contributed by atoms with E-state index in [4.69, 9.17) is 0 Å². The third-order valence-electron chi connectivity index (χ3n) is 5.86. The van der Waals surface area contributed by atoms with E-state index in [2.05, 4.69) is 0 Å². The molecule has 0 aromatic heterocycles. The molecule has 1 heterocycles. The monoisotopic (exact) mass is 434 g/mol. The average Bonchev–Trinajstić information content (AvgIpc) is 3.07. The number of hydrogen-bond acceptors (Lipinski definition) is 4. The lowest BCUT2D eigenvalue weighted by Crippen LogP contribution is -2.42. The third-order valence-corrected chi connectivity index (χ3v) is 5.86. The average molecular weight is 434 g/mol. The Hall–Kier alpha value is -4.07. The van der Waals surface area contributed by atoms with Crippen LogP contribution in [0.25, 0.3) is 0 Å². The van der Waals surface area contributed by atoms with Crippen LogP contribution in [0, 0.1) is 15.9 Å². The Morgan fingerprint density at radius 3 is 2.38 bits per heavy atom. The highest BCUT2D eigenvalue weighted by Crippen LogP contribution is 2.51. The van der Waals surface area contributed by atoms with Gasteiger partial charge in [-0.25, -0.2) is 4.39 Å². The van der Waals surface area contributed by atoms with Crippen LogP contribution in [0.15, 0.2) is 78.9 Å². The summed E-state index contributed by atoms with van der Waals surface area (Å²) in [6.45, 7) is 0.142. The molecule has 2 atom stereocenters. The second-order valence-corrected chi connectivity index (χ2v) is 7.72. The van der Waals surface area contributed by atoms with Gasteiger partial charge in [-0.2, -0.15) is 0 Å². The Balaban J connectivity index is 1.89. The van der Waals surface area contributed by atoms with Crippen LogP contribution in [0.4, 0.5) is 10.1 Å². The molecule has 0 spiro atoms. The lowest BCUT2D eigenvalue weighted by atomic mass is 9.71. The zero-order valence-electron chi connectivity index (χ0n) is 16.8. The minimum atomic E-state index is -1.74. The van der Waals surface area contributed by atoms with Gasteiger partial charge in [0, 0.05) is 25.1 Å². The molecule has 1 fully saturated rings. The number of benzene rings is 3. The third kappa shape index (κ3) is 3.60. The van der Waals surface area contributed by atoms with Crippen molar-refractivity contribution >= 4 is 17.6 Å². The molecule has 162 valence electrons. The second kappa shape index (κ2) is 8.22. The zero-order valence-corrected chi connectivity index (χ0v) is 16.8. The fourth-order valence-electron chi connectivity index (χ4n) is 4.40. The number of hydrogen-bond donors (Lipinski definition) is 1. The van der Waals surface area contributed by atoms with Crippen molar-refractivity contribution in [1.82, 2.24) is 4.90 Å². The highest BCUT2D eigenvalue weighted by molar-refractivity contribution is 5.95. The number of amides is 1. The van der Waals surface area contributed by atoms with E-state index in [-0.39, 0.29) is 24.2 Å². The van der Waals surface area contributed by atoms with E-state index in [0.29, 0.717) is 5.56 Å². The molecule has 0 aliphatic carbocycles. The summed E-state index contributed by atoms with van der Waals surface area (Å²) >= 11 is 0. The number of carboxylic acids is 1. The van der Waals surface area contributed by atoms with Crippen LogP contribution >= 0.6 is 0 Å². The molecule has 0 radical (unpaired) electrons. The number of nitrogens with zero attached hydrogens (tertiary/aromatic N) is 2. The molecule has 0 unspecified atom stereocenters. The van der Waals surface area contributed by atoms with E-state index >= 15 is 0 Å². The number of likely N-dealkylation sites (tertiary alicyclic amines) is 1. The molecule has 0 saturated carbocycles. The van der Waals surface area contributed by atoms with Gasteiger partial charge in [-0.1, -0.05) is 54.6 Å². The summed E-state index contributed by atoms with van der Waals surface area (Å²) in [4.78, 5) is 37.9. The van der Waals surface area contributed by atoms with Crippen molar-refractivity contribution in [3.05, 3.63) is 111 Å². The van der Waals surface area contributed by atoms with Crippen molar-refractivity contribution in [1.29, 1.82) is 0 Å². The molecule has 0 bridgehead atoms. The lowest BCUT2D eigenvalue weighted by molar-refractivity contribution is -0.384. The first-order valence-electron chi connectivity index (χ1n) is 9.90. The highest BCUT2D eigenvalue weighted by Gasteiger charge is 2.58. The summed E-state index contributed by atoms with van der Waals surface area (Å²) in [7, 11) is 0. The first-order chi connectivity index (χ1) is 15.3.